The van der Waals surface area contributed by atoms with E-state index < -0.39 is 0 Å². The van der Waals surface area contributed by atoms with E-state index in [1.165, 1.54) is 11.1 Å². The molecule has 1 aliphatic heterocycles. The number of carbonyl (C=O) groups is 1. The Morgan fingerprint density at radius 2 is 2.15 bits per heavy atom. The molecule has 4 heteroatoms. The highest BCUT2D eigenvalue weighted by Gasteiger charge is 2.31. The van der Waals surface area contributed by atoms with Crippen LogP contribution in [-0.2, 0) is 17.6 Å². The molecule has 3 rings (SSSR count). The lowest BCUT2D eigenvalue weighted by atomic mass is 10.0. The summed E-state index contributed by atoms with van der Waals surface area (Å²) >= 11 is 0. The van der Waals surface area contributed by atoms with Crippen molar-refractivity contribution in [3.63, 3.8) is 0 Å². The molecule has 0 radical (unpaired) electrons. The van der Waals surface area contributed by atoms with Crippen LogP contribution in [0.2, 0.25) is 0 Å². The van der Waals surface area contributed by atoms with Crippen molar-refractivity contribution in [3.05, 3.63) is 29.3 Å². The molecule has 108 valence electrons. The van der Waals surface area contributed by atoms with E-state index in [1.807, 2.05) is 17.0 Å². The van der Waals surface area contributed by atoms with Crippen molar-refractivity contribution in [2.45, 2.75) is 38.1 Å². The predicted octanol–water partition coefficient (Wildman–Crippen LogP) is 1.36. The molecule has 0 aromatic heterocycles. The first kappa shape index (κ1) is 13.4. The van der Waals surface area contributed by atoms with Crippen LogP contribution in [0.1, 0.15) is 30.4 Å². The number of aliphatic hydroxyl groups excluding tert-OH is 1. The minimum absolute atomic E-state index is 0.0434. The van der Waals surface area contributed by atoms with Crippen LogP contribution in [0.5, 0.6) is 0 Å². The monoisotopic (exact) mass is 274 g/mol. The SMILES string of the molecule is Nc1ccc2c(c1)C[C@H](CC(=O)N1CCC[C@H]1CO)C2. The molecule has 1 saturated heterocycles. The van der Waals surface area contributed by atoms with E-state index in [9.17, 15) is 9.90 Å². The number of nitrogen functional groups attached to an aromatic ring is 1. The molecule has 1 aromatic carbocycles. The second kappa shape index (κ2) is 5.44. The Hall–Kier alpha value is -1.55. The van der Waals surface area contributed by atoms with Gasteiger partial charge in [0, 0.05) is 18.7 Å². The Morgan fingerprint density at radius 1 is 1.35 bits per heavy atom. The van der Waals surface area contributed by atoms with E-state index in [0.29, 0.717) is 12.3 Å². The molecule has 1 amide bonds. The van der Waals surface area contributed by atoms with Crippen LogP contribution in [0.3, 0.4) is 0 Å². The number of aliphatic hydroxyl groups is 1. The molecule has 0 spiro atoms. The Kier molecular flexibility index (Phi) is 3.66. The van der Waals surface area contributed by atoms with E-state index >= 15 is 0 Å². The number of anilines is 1. The van der Waals surface area contributed by atoms with Gasteiger partial charge >= 0.3 is 0 Å². The first-order valence-electron chi connectivity index (χ1n) is 7.45. The van der Waals surface area contributed by atoms with Gasteiger partial charge in [0.05, 0.1) is 12.6 Å². The van der Waals surface area contributed by atoms with Gasteiger partial charge in [-0.2, -0.15) is 0 Å². The summed E-state index contributed by atoms with van der Waals surface area (Å²) in [7, 11) is 0. The maximum Gasteiger partial charge on any atom is 0.223 e. The Morgan fingerprint density at radius 3 is 2.95 bits per heavy atom. The maximum absolute atomic E-state index is 12.4. The summed E-state index contributed by atoms with van der Waals surface area (Å²) < 4.78 is 0. The lowest BCUT2D eigenvalue weighted by Gasteiger charge is -2.24. The number of benzene rings is 1. The van der Waals surface area contributed by atoms with Crippen molar-refractivity contribution in [1.82, 2.24) is 4.90 Å². The van der Waals surface area contributed by atoms with Gasteiger partial charge in [0.2, 0.25) is 5.91 Å². The summed E-state index contributed by atoms with van der Waals surface area (Å²) in [6.07, 6.45) is 4.45. The zero-order valence-corrected chi connectivity index (χ0v) is 11.7. The summed E-state index contributed by atoms with van der Waals surface area (Å²) in [5, 5.41) is 9.31. The van der Waals surface area contributed by atoms with Gasteiger partial charge in [0.1, 0.15) is 0 Å². The molecule has 2 aliphatic rings. The van der Waals surface area contributed by atoms with Crippen molar-refractivity contribution < 1.29 is 9.90 Å². The summed E-state index contributed by atoms with van der Waals surface area (Å²) in [5.74, 6) is 0.589. The average molecular weight is 274 g/mol. The van der Waals surface area contributed by atoms with E-state index in [4.69, 9.17) is 5.73 Å². The van der Waals surface area contributed by atoms with Crippen molar-refractivity contribution in [3.8, 4) is 0 Å². The van der Waals surface area contributed by atoms with Gasteiger partial charge in [0.15, 0.2) is 0 Å². The number of nitrogens with two attached hydrogens (primary N) is 1. The third kappa shape index (κ3) is 2.52. The zero-order chi connectivity index (χ0) is 14.1. The number of carbonyl (C=O) groups excluding carboxylic acids is 1. The maximum atomic E-state index is 12.4. The van der Waals surface area contributed by atoms with Crippen molar-refractivity contribution >= 4 is 11.6 Å². The number of hydrogen-bond donors (Lipinski definition) is 2. The molecule has 0 unspecified atom stereocenters. The molecule has 1 aliphatic carbocycles. The Labute approximate surface area is 119 Å². The van der Waals surface area contributed by atoms with Crippen LogP contribution < -0.4 is 5.73 Å². The fourth-order valence-electron chi connectivity index (χ4n) is 3.59. The number of amides is 1. The smallest absolute Gasteiger partial charge is 0.223 e. The van der Waals surface area contributed by atoms with E-state index in [2.05, 4.69) is 6.07 Å². The summed E-state index contributed by atoms with van der Waals surface area (Å²) in [6, 6.07) is 6.10. The van der Waals surface area contributed by atoms with Gasteiger partial charge < -0.3 is 15.7 Å². The third-order valence-corrected chi connectivity index (χ3v) is 4.62. The lowest BCUT2D eigenvalue weighted by Crippen LogP contribution is -2.38. The third-order valence-electron chi connectivity index (χ3n) is 4.62. The van der Waals surface area contributed by atoms with Gasteiger partial charge in [-0.1, -0.05) is 6.07 Å². The highest BCUT2D eigenvalue weighted by molar-refractivity contribution is 5.77. The zero-order valence-electron chi connectivity index (χ0n) is 11.7. The van der Waals surface area contributed by atoms with Gasteiger partial charge in [-0.25, -0.2) is 0 Å². The molecule has 1 heterocycles. The topological polar surface area (TPSA) is 66.6 Å². The molecular weight excluding hydrogens is 252 g/mol. The predicted molar refractivity (Wildman–Crippen MR) is 78.2 cm³/mol. The summed E-state index contributed by atoms with van der Waals surface area (Å²) in [6.45, 7) is 0.893. The number of likely N-dealkylation sites (tertiary alicyclic amines) is 1. The number of hydrogen-bond acceptors (Lipinski definition) is 3. The Bertz CT molecular complexity index is 515. The van der Waals surface area contributed by atoms with Gasteiger partial charge in [-0.15, -0.1) is 0 Å². The quantitative estimate of drug-likeness (QED) is 0.818. The van der Waals surface area contributed by atoms with E-state index in [-0.39, 0.29) is 18.6 Å². The number of nitrogens with zero attached hydrogens (tertiary/aromatic N) is 1. The normalized spacial score (nSPS) is 24.9. The Balaban J connectivity index is 1.61. The highest BCUT2D eigenvalue weighted by Crippen LogP contribution is 2.31. The number of rotatable bonds is 3. The summed E-state index contributed by atoms with van der Waals surface area (Å²) in [4.78, 5) is 14.3. The van der Waals surface area contributed by atoms with Crippen LogP contribution in [0, 0.1) is 5.92 Å². The van der Waals surface area contributed by atoms with Gasteiger partial charge in [-0.3, -0.25) is 4.79 Å². The minimum Gasteiger partial charge on any atom is -0.399 e. The van der Waals surface area contributed by atoms with E-state index in [0.717, 1.165) is 37.9 Å². The molecule has 0 bridgehead atoms. The van der Waals surface area contributed by atoms with Gasteiger partial charge in [-0.05, 0) is 54.9 Å². The molecule has 1 fully saturated rings. The average Bonchev–Trinajstić information content (AvgIpc) is 3.03. The highest BCUT2D eigenvalue weighted by atomic mass is 16.3. The first-order chi connectivity index (χ1) is 9.67. The second-order valence-corrected chi connectivity index (χ2v) is 6.07. The number of fused-ring (bicyclic) bond motifs is 1. The first-order valence-corrected chi connectivity index (χ1v) is 7.45. The summed E-state index contributed by atoms with van der Waals surface area (Å²) in [5.41, 5.74) is 9.24. The molecule has 1 aromatic rings. The molecule has 20 heavy (non-hydrogen) atoms. The van der Waals surface area contributed by atoms with Crippen LogP contribution in [-0.4, -0.2) is 35.1 Å². The van der Waals surface area contributed by atoms with Gasteiger partial charge in [0.25, 0.3) is 0 Å². The van der Waals surface area contributed by atoms with Crippen molar-refractivity contribution in [1.29, 1.82) is 0 Å². The van der Waals surface area contributed by atoms with Crippen LogP contribution in [0.15, 0.2) is 18.2 Å². The fraction of sp³-hybridized carbons (Fsp3) is 0.562. The molecule has 2 atom stereocenters. The van der Waals surface area contributed by atoms with Crippen LogP contribution >= 0.6 is 0 Å². The van der Waals surface area contributed by atoms with E-state index in [1.54, 1.807) is 0 Å². The fourth-order valence-corrected chi connectivity index (χ4v) is 3.59. The minimum atomic E-state index is 0.0434. The van der Waals surface area contributed by atoms with Crippen LogP contribution in [0.4, 0.5) is 5.69 Å². The molecule has 4 nitrogen and oxygen atoms in total. The van der Waals surface area contributed by atoms with Crippen molar-refractivity contribution in [2.24, 2.45) is 5.92 Å². The van der Waals surface area contributed by atoms with Crippen LogP contribution in [0.25, 0.3) is 0 Å². The molecular formula is C16H22N2O2. The molecule has 0 saturated carbocycles. The standard InChI is InChI=1S/C16H22N2O2/c17-14-4-3-12-6-11(7-13(12)9-14)8-16(20)18-5-1-2-15(18)10-19/h3-4,9,11,15,19H,1-2,5-8,10,17H2/t11-,15+/m1/s1. The second-order valence-electron chi connectivity index (χ2n) is 6.07. The molecule has 3 N–H and O–H groups in total. The largest absolute Gasteiger partial charge is 0.399 e. The lowest BCUT2D eigenvalue weighted by molar-refractivity contribution is -0.133. The van der Waals surface area contributed by atoms with Crippen molar-refractivity contribution in [2.75, 3.05) is 18.9 Å².